The second-order valence-electron chi connectivity index (χ2n) is 3.98. The predicted molar refractivity (Wildman–Crippen MR) is 70.0 cm³/mol. The molecule has 0 radical (unpaired) electrons. The molecule has 0 aromatic heterocycles. The normalized spacial score (nSPS) is 12.4. The van der Waals surface area contributed by atoms with Gasteiger partial charge in [0.2, 0.25) is 0 Å². The third kappa shape index (κ3) is 1.80. The van der Waals surface area contributed by atoms with Crippen LogP contribution in [0.3, 0.4) is 0 Å². The van der Waals surface area contributed by atoms with Gasteiger partial charge in [0, 0.05) is 16.5 Å². The molecule has 2 aromatic rings. The lowest BCUT2D eigenvalue weighted by Gasteiger charge is -2.22. The van der Waals surface area contributed by atoms with E-state index >= 15 is 0 Å². The van der Waals surface area contributed by atoms with Crippen LogP contribution < -0.4 is 9.47 Å². The lowest BCUT2D eigenvalue weighted by atomic mass is 10.0. The standard InChI is InChI=1S/C14H11BrO2/c1-16-12-4-2-3-10-7-9-5-6-11(15)8-13(9)17-14(10)12/h2-6,8H,7H2,1H3. The van der Waals surface area contributed by atoms with Crippen LogP contribution in [0.2, 0.25) is 0 Å². The molecule has 0 bridgehead atoms. The number of halogens is 1. The van der Waals surface area contributed by atoms with Crippen molar-refractivity contribution in [3.8, 4) is 17.2 Å². The molecule has 1 aliphatic heterocycles. The fourth-order valence-corrected chi connectivity index (χ4v) is 2.40. The molecule has 0 unspecified atom stereocenters. The van der Waals surface area contributed by atoms with E-state index in [0.29, 0.717) is 0 Å². The van der Waals surface area contributed by atoms with E-state index in [0.717, 1.165) is 28.1 Å². The van der Waals surface area contributed by atoms with Crippen LogP contribution in [0, 0.1) is 0 Å². The highest BCUT2D eigenvalue weighted by Gasteiger charge is 2.20. The predicted octanol–water partition coefficient (Wildman–Crippen LogP) is 4.15. The molecule has 3 heteroatoms. The first-order chi connectivity index (χ1) is 8.28. The molecule has 0 N–H and O–H groups in total. The summed E-state index contributed by atoms with van der Waals surface area (Å²) in [5, 5.41) is 0. The highest BCUT2D eigenvalue weighted by atomic mass is 79.9. The zero-order valence-electron chi connectivity index (χ0n) is 9.37. The Morgan fingerprint density at radius 3 is 2.88 bits per heavy atom. The third-order valence-corrected chi connectivity index (χ3v) is 3.40. The zero-order valence-corrected chi connectivity index (χ0v) is 11.0. The average molecular weight is 291 g/mol. The Kier molecular flexibility index (Phi) is 2.56. The van der Waals surface area contributed by atoms with Crippen LogP contribution in [0.4, 0.5) is 0 Å². The van der Waals surface area contributed by atoms with Crippen LogP contribution in [0.5, 0.6) is 17.2 Å². The van der Waals surface area contributed by atoms with E-state index in [2.05, 4.69) is 28.1 Å². The first-order valence-electron chi connectivity index (χ1n) is 5.40. The van der Waals surface area contributed by atoms with E-state index in [9.17, 15) is 0 Å². The summed E-state index contributed by atoms with van der Waals surface area (Å²) >= 11 is 3.45. The van der Waals surface area contributed by atoms with Gasteiger partial charge in [-0.05, 0) is 23.8 Å². The Hall–Kier alpha value is -1.48. The number of para-hydroxylation sites is 1. The maximum atomic E-state index is 5.93. The van der Waals surface area contributed by atoms with Crippen molar-refractivity contribution in [1.82, 2.24) is 0 Å². The quantitative estimate of drug-likeness (QED) is 0.670. The van der Waals surface area contributed by atoms with Gasteiger partial charge in [0.25, 0.3) is 0 Å². The topological polar surface area (TPSA) is 18.5 Å². The van der Waals surface area contributed by atoms with E-state index in [4.69, 9.17) is 9.47 Å². The number of rotatable bonds is 1. The fourth-order valence-electron chi connectivity index (χ4n) is 2.06. The van der Waals surface area contributed by atoms with Crippen molar-refractivity contribution in [2.75, 3.05) is 7.11 Å². The minimum Gasteiger partial charge on any atom is -0.493 e. The Morgan fingerprint density at radius 1 is 1.18 bits per heavy atom. The summed E-state index contributed by atoms with van der Waals surface area (Å²) in [4.78, 5) is 0. The van der Waals surface area contributed by atoms with Crippen molar-refractivity contribution in [3.63, 3.8) is 0 Å². The van der Waals surface area contributed by atoms with E-state index in [1.807, 2.05) is 24.3 Å². The molecular weight excluding hydrogens is 280 g/mol. The first kappa shape index (κ1) is 10.7. The third-order valence-electron chi connectivity index (χ3n) is 2.90. The summed E-state index contributed by atoms with van der Waals surface area (Å²) in [6.07, 6.45) is 0.884. The lowest BCUT2D eigenvalue weighted by Crippen LogP contribution is -2.04. The molecule has 2 nitrogen and oxygen atoms in total. The number of fused-ring (bicyclic) bond motifs is 2. The molecule has 3 rings (SSSR count). The van der Waals surface area contributed by atoms with Crippen molar-refractivity contribution in [2.24, 2.45) is 0 Å². The van der Waals surface area contributed by atoms with E-state index in [1.54, 1.807) is 7.11 Å². The Labute approximate surface area is 108 Å². The SMILES string of the molecule is COc1cccc2c1Oc1cc(Br)ccc1C2. The molecule has 0 atom stereocenters. The highest BCUT2D eigenvalue weighted by molar-refractivity contribution is 9.10. The van der Waals surface area contributed by atoms with Gasteiger partial charge < -0.3 is 9.47 Å². The monoisotopic (exact) mass is 290 g/mol. The van der Waals surface area contributed by atoms with Gasteiger partial charge in [-0.1, -0.05) is 34.1 Å². The molecule has 1 heterocycles. The molecule has 0 amide bonds. The number of ether oxygens (including phenoxy) is 2. The van der Waals surface area contributed by atoms with Crippen LogP contribution in [-0.2, 0) is 6.42 Å². The molecule has 0 spiro atoms. The van der Waals surface area contributed by atoms with Gasteiger partial charge in [-0.15, -0.1) is 0 Å². The maximum absolute atomic E-state index is 5.93. The van der Waals surface area contributed by atoms with Crippen LogP contribution in [0.1, 0.15) is 11.1 Å². The van der Waals surface area contributed by atoms with Crippen molar-refractivity contribution in [3.05, 3.63) is 52.0 Å². The summed E-state index contributed by atoms with van der Waals surface area (Å²) in [6.45, 7) is 0. The fraction of sp³-hybridized carbons (Fsp3) is 0.143. The zero-order chi connectivity index (χ0) is 11.8. The van der Waals surface area contributed by atoms with Crippen LogP contribution >= 0.6 is 15.9 Å². The first-order valence-corrected chi connectivity index (χ1v) is 6.19. The minimum atomic E-state index is 0.785. The van der Waals surface area contributed by atoms with Crippen molar-refractivity contribution in [2.45, 2.75) is 6.42 Å². The molecule has 0 fully saturated rings. The smallest absolute Gasteiger partial charge is 0.172 e. The number of hydrogen-bond acceptors (Lipinski definition) is 2. The molecule has 0 saturated carbocycles. The van der Waals surface area contributed by atoms with Crippen LogP contribution in [-0.4, -0.2) is 7.11 Å². The average Bonchev–Trinajstić information content (AvgIpc) is 2.35. The summed E-state index contributed by atoms with van der Waals surface area (Å²) in [6, 6.07) is 12.1. The Bertz CT molecular complexity index is 578. The Balaban J connectivity index is 2.11. The van der Waals surface area contributed by atoms with E-state index in [-0.39, 0.29) is 0 Å². The lowest BCUT2D eigenvalue weighted by molar-refractivity contribution is 0.371. The molecule has 0 aliphatic carbocycles. The van der Waals surface area contributed by atoms with Gasteiger partial charge in [-0.2, -0.15) is 0 Å². The molecule has 1 aliphatic rings. The molecule has 2 aromatic carbocycles. The van der Waals surface area contributed by atoms with Gasteiger partial charge in [0.1, 0.15) is 5.75 Å². The van der Waals surface area contributed by atoms with Gasteiger partial charge in [0.05, 0.1) is 7.11 Å². The molecular formula is C14H11BrO2. The number of hydrogen-bond donors (Lipinski definition) is 0. The van der Waals surface area contributed by atoms with Gasteiger partial charge in [-0.25, -0.2) is 0 Å². The van der Waals surface area contributed by atoms with Crippen LogP contribution in [0.15, 0.2) is 40.9 Å². The second kappa shape index (κ2) is 4.08. The summed E-state index contributed by atoms with van der Waals surface area (Å²) in [5.41, 5.74) is 2.37. The summed E-state index contributed by atoms with van der Waals surface area (Å²) in [7, 11) is 1.66. The second-order valence-corrected chi connectivity index (χ2v) is 4.90. The number of methoxy groups -OCH3 is 1. The Morgan fingerprint density at radius 2 is 2.06 bits per heavy atom. The number of benzene rings is 2. The van der Waals surface area contributed by atoms with E-state index in [1.165, 1.54) is 11.1 Å². The molecule has 17 heavy (non-hydrogen) atoms. The summed E-state index contributed by atoms with van der Waals surface area (Å²) in [5.74, 6) is 2.52. The molecule has 86 valence electrons. The summed E-state index contributed by atoms with van der Waals surface area (Å²) < 4.78 is 12.3. The highest BCUT2D eigenvalue weighted by Crippen LogP contribution is 2.42. The molecule has 0 saturated heterocycles. The van der Waals surface area contributed by atoms with Gasteiger partial charge in [0.15, 0.2) is 11.5 Å². The minimum absolute atomic E-state index is 0.785. The van der Waals surface area contributed by atoms with Crippen molar-refractivity contribution < 1.29 is 9.47 Å². The van der Waals surface area contributed by atoms with Crippen molar-refractivity contribution in [1.29, 1.82) is 0 Å². The maximum Gasteiger partial charge on any atom is 0.172 e. The largest absolute Gasteiger partial charge is 0.493 e. The van der Waals surface area contributed by atoms with Gasteiger partial charge in [-0.3, -0.25) is 0 Å². The van der Waals surface area contributed by atoms with Crippen LogP contribution in [0.25, 0.3) is 0 Å². The van der Waals surface area contributed by atoms with E-state index < -0.39 is 0 Å². The van der Waals surface area contributed by atoms with Gasteiger partial charge >= 0.3 is 0 Å². The van der Waals surface area contributed by atoms with Crippen molar-refractivity contribution >= 4 is 15.9 Å².